The first-order valence-electron chi connectivity index (χ1n) is 8.46. The summed E-state index contributed by atoms with van der Waals surface area (Å²) < 4.78 is 0. The molecule has 4 bridgehead atoms. The molecule has 23 heavy (non-hydrogen) atoms. The molecule has 4 fully saturated rings. The number of aryl methyl sites for hydroxylation is 1. The van der Waals surface area contributed by atoms with E-state index < -0.39 is 0 Å². The van der Waals surface area contributed by atoms with Gasteiger partial charge in [-0.15, -0.1) is 10.2 Å². The quantitative estimate of drug-likeness (QED) is 0.933. The highest BCUT2D eigenvalue weighted by atomic mass is 15.6. The minimum atomic E-state index is 0.0283. The van der Waals surface area contributed by atoms with Crippen LogP contribution in [0, 0.1) is 18.8 Å². The van der Waals surface area contributed by atoms with Gasteiger partial charge in [0.15, 0.2) is 5.82 Å². The van der Waals surface area contributed by atoms with E-state index in [1.165, 1.54) is 32.1 Å². The molecule has 6 rings (SSSR count). The van der Waals surface area contributed by atoms with Gasteiger partial charge in [-0.2, -0.15) is 4.80 Å². The molecule has 0 saturated heterocycles. The number of tetrazole rings is 1. The van der Waals surface area contributed by atoms with Crippen molar-refractivity contribution < 1.29 is 0 Å². The summed E-state index contributed by atoms with van der Waals surface area (Å²) in [5, 5.41) is 16.8. The molecule has 7 heteroatoms. The zero-order chi connectivity index (χ0) is 15.5. The second-order valence-electron chi connectivity index (χ2n) is 7.81. The van der Waals surface area contributed by atoms with Crippen molar-refractivity contribution in [3.8, 4) is 0 Å². The third kappa shape index (κ3) is 2.05. The summed E-state index contributed by atoms with van der Waals surface area (Å²) in [5.41, 5.74) is 0.127. The fraction of sp³-hybridized carbons (Fsp3) is 0.688. The Labute approximate surface area is 134 Å². The van der Waals surface area contributed by atoms with Crippen LogP contribution in [0.5, 0.6) is 0 Å². The molecule has 4 aliphatic carbocycles. The summed E-state index contributed by atoms with van der Waals surface area (Å²) in [4.78, 5) is 10.6. The lowest BCUT2D eigenvalue weighted by Gasteiger charge is -2.61. The van der Waals surface area contributed by atoms with Gasteiger partial charge in [-0.3, -0.25) is 4.98 Å². The van der Waals surface area contributed by atoms with E-state index in [1.807, 2.05) is 17.9 Å². The van der Waals surface area contributed by atoms with Crippen LogP contribution in [0.2, 0.25) is 0 Å². The number of nitrogens with one attached hydrogen (secondary N) is 1. The van der Waals surface area contributed by atoms with Gasteiger partial charge >= 0.3 is 0 Å². The normalized spacial score (nSPS) is 38.0. The number of nitrogens with zero attached hydrogens (tertiary/aromatic N) is 6. The van der Waals surface area contributed by atoms with Crippen molar-refractivity contribution in [2.75, 3.05) is 5.32 Å². The van der Waals surface area contributed by atoms with Crippen LogP contribution >= 0.6 is 0 Å². The van der Waals surface area contributed by atoms with Gasteiger partial charge < -0.3 is 5.32 Å². The third-order valence-corrected chi connectivity index (χ3v) is 5.92. The average molecular weight is 311 g/mol. The Bertz CT molecular complexity index is 711. The number of hydrogen-bond donors (Lipinski definition) is 1. The molecular formula is C16H21N7. The Hall–Kier alpha value is -2.05. The number of hydrogen-bond acceptors (Lipinski definition) is 6. The fourth-order valence-electron chi connectivity index (χ4n) is 5.71. The topological polar surface area (TPSA) is 81.4 Å². The van der Waals surface area contributed by atoms with Gasteiger partial charge in [-0.05, 0) is 62.5 Å². The monoisotopic (exact) mass is 311 g/mol. The van der Waals surface area contributed by atoms with Gasteiger partial charge in [-0.1, -0.05) is 0 Å². The standard InChI is InChI=1S/C16H21N7/c1-11-20-22-23(21-11)16-7-12-4-13(8-16)6-15(5-12,10-16)19-14-9-17-2-3-18-14/h2-3,9,12-13H,4-8,10H2,1H3,(H,18,19). The first-order valence-corrected chi connectivity index (χ1v) is 8.46. The largest absolute Gasteiger partial charge is 0.363 e. The number of anilines is 1. The smallest absolute Gasteiger partial charge is 0.171 e. The van der Waals surface area contributed by atoms with E-state index in [0.29, 0.717) is 0 Å². The maximum Gasteiger partial charge on any atom is 0.171 e. The average Bonchev–Trinajstić information content (AvgIpc) is 2.94. The van der Waals surface area contributed by atoms with Crippen LogP contribution in [-0.4, -0.2) is 35.7 Å². The summed E-state index contributed by atoms with van der Waals surface area (Å²) in [6, 6.07) is 0. The lowest BCUT2D eigenvalue weighted by atomic mass is 9.50. The zero-order valence-electron chi connectivity index (χ0n) is 13.3. The first-order chi connectivity index (χ1) is 11.1. The summed E-state index contributed by atoms with van der Waals surface area (Å²) in [6.45, 7) is 1.91. The highest BCUT2D eigenvalue weighted by Crippen LogP contribution is 2.60. The predicted molar refractivity (Wildman–Crippen MR) is 83.6 cm³/mol. The highest BCUT2D eigenvalue weighted by molar-refractivity contribution is 5.37. The van der Waals surface area contributed by atoms with Gasteiger partial charge in [0.2, 0.25) is 0 Å². The summed E-state index contributed by atoms with van der Waals surface area (Å²) >= 11 is 0. The molecule has 0 spiro atoms. The summed E-state index contributed by atoms with van der Waals surface area (Å²) in [5.74, 6) is 3.13. The van der Waals surface area contributed by atoms with E-state index in [-0.39, 0.29) is 11.1 Å². The van der Waals surface area contributed by atoms with Gasteiger partial charge in [0.25, 0.3) is 0 Å². The molecule has 2 heterocycles. The Balaban J connectivity index is 1.52. The van der Waals surface area contributed by atoms with Crippen molar-refractivity contribution in [3.05, 3.63) is 24.4 Å². The molecule has 2 aromatic heterocycles. The molecular weight excluding hydrogens is 290 g/mol. The van der Waals surface area contributed by atoms with E-state index in [0.717, 1.165) is 29.9 Å². The molecule has 7 nitrogen and oxygen atoms in total. The highest BCUT2D eigenvalue weighted by Gasteiger charge is 2.59. The second kappa shape index (κ2) is 4.49. The van der Waals surface area contributed by atoms with Crippen molar-refractivity contribution >= 4 is 5.82 Å². The van der Waals surface area contributed by atoms with Crippen molar-refractivity contribution in [2.24, 2.45) is 11.8 Å². The van der Waals surface area contributed by atoms with Crippen molar-refractivity contribution in [1.82, 2.24) is 30.2 Å². The molecule has 2 atom stereocenters. The first kappa shape index (κ1) is 13.4. The minimum absolute atomic E-state index is 0.0283. The third-order valence-electron chi connectivity index (χ3n) is 5.92. The van der Waals surface area contributed by atoms with E-state index >= 15 is 0 Å². The Morgan fingerprint density at radius 2 is 2.00 bits per heavy atom. The van der Waals surface area contributed by atoms with Crippen LogP contribution in [0.4, 0.5) is 5.82 Å². The minimum Gasteiger partial charge on any atom is -0.363 e. The van der Waals surface area contributed by atoms with E-state index in [1.54, 1.807) is 12.4 Å². The van der Waals surface area contributed by atoms with Gasteiger partial charge in [-0.25, -0.2) is 4.98 Å². The molecule has 1 N–H and O–H groups in total. The summed E-state index contributed by atoms with van der Waals surface area (Å²) in [7, 11) is 0. The molecule has 2 unspecified atom stereocenters. The van der Waals surface area contributed by atoms with Crippen molar-refractivity contribution in [2.45, 2.75) is 56.5 Å². The fourth-order valence-corrected chi connectivity index (χ4v) is 5.71. The van der Waals surface area contributed by atoms with Crippen LogP contribution in [0.15, 0.2) is 18.6 Å². The molecule has 120 valence electrons. The van der Waals surface area contributed by atoms with Crippen LogP contribution in [0.3, 0.4) is 0 Å². The molecule has 0 aromatic carbocycles. The molecule has 4 saturated carbocycles. The maximum atomic E-state index is 4.58. The van der Waals surface area contributed by atoms with Crippen LogP contribution in [-0.2, 0) is 5.54 Å². The van der Waals surface area contributed by atoms with E-state index in [9.17, 15) is 0 Å². The Kier molecular flexibility index (Phi) is 2.61. The van der Waals surface area contributed by atoms with Crippen LogP contribution < -0.4 is 5.32 Å². The maximum absolute atomic E-state index is 4.58. The molecule has 2 aromatic rings. The van der Waals surface area contributed by atoms with Gasteiger partial charge in [0.1, 0.15) is 5.82 Å². The van der Waals surface area contributed by atoms with Gasteiger partial charge in [0.05, 0.1) is 11.7 Å². The lowest BCUT2D eigenvalue weighted by molar-refractivity contribution is -0.0635. The van der Waals surface area contributed by atoms with Gasteiger partial charge in [0, 0.05) is 17.9 Å². The summed E-state index contributed by atoms with van der Waals surface area (Å²) in [6.07, 6.45) is 12.5. The molecule has 0 amide bonds. The van der Waals surface area contributed by atoms with E-state index in [2.05, 4.69) is 30.7 Å². The molecule has 4 aliphatic rings. The van der Waals surface area contributed by atoms with Crippen molar-refractivity contribution in [1.29, 1.82) is 0 Å². The lowest BCUT2D eigenvalue weighted by Crippen LogP contribution is -2.63. The molecule has 0 aliphatic heterocycles. The van der Waals surface area contributed by atoms with Crippen molar-refractivity contribution in [3.63, 3.8) is 0 Å². The van der Waals surface area contributed by atoms with E-state index in [4.69, 9.17) is 0 Å². The predicted octanol–water partition coefficient (Wildman–Crippen LogP) is 1.93. The molecule has 0 radical (unpaired) electrons. The van der Waals surface area contributed by atoms with Crippen LogP contribution in [0.25, 0.3) is 0 Å². The SMILES string of the molecule is Cc1nnn(C23CC4CC(CC(Nc5cnccn5)(C4)C2)C3)n1. The zero-order valence-corrected chi connectivity index (χ0v) is 13.3. The number of rotatable bonds is 3. The second-order valence-corrected chi connectivity index (χ2v) is 7.81. The Morgan fingerprint density at radius 1 is 1.17 bits per heavy atom. The van der Waals surface area contributed by atoms with Crippen LogP contribution in [0.1, 0.15) is 44.3 Å². The Morgan fingerprint density at radius 3 is 2.65 bits per heavy atom. The number of aromatic nitrogens is 6.